The lowest BCUT2D eigenvalue weighted by molar-refractivity contribution is -0.123. The van der Waals surface area contributed by atoms with Crippen LogP contribution in [0.4, 0.5) is 13.6 Å². The van der Waals surface area contributed by atoms with Crippen LogP contribution in [0.3, 0.4) is 0 Å². The van der Waals surface area contributed by atoms with E-state index in [9.17, 15) is 18.4 Å². The van der Waals surface area contributed by atoms with Crippen molar-refractivity contribution in [2.24, 2.45) is 0 Å². The fourth-order valence-corrected chi connectivity index (χ4v) is 4.17. The Bertz CT molecular complexity index is 1240. The highest BCUT2D eigenvalue weighted by atomic mass is 32.2. The molecule has 0 spiro atoms. The first-order valence-corrected chi connectivity index (χ1v) is 11.4. The third-order valence-electron chi connectivity index (χ3n) is 5.03. The molecular formula is C26H21F2NO4S. The summed E-state index contributed by atoms with van der Waals surface area (Å²) < 4.78 is 38.5. The highest BCUT2D eigenvalue weighted by Gasteiger charge is 2.35. The fourth-order valence-electron chi connectivity index (χ4n) is 3.33. The fraction of sp³-hybridized carbons (Fsp3) is 0.154. The molecule has 0 radical (unpaired) electrons. The van der Waals surface area contributed by atoms with Gasteiger partial charge in [0.2, 0.25) is 0 Å². The second-order valence-electron chi connectivity index (χ2n) is 7.41. The van der Waals surface area contributed by atoms with Gasteiger partial charge in [0, 0.05) is 5.56 Å². The van der Waals surface area contributed by atoms with E-state index in [1.807, 2.05) is 6.92 Å². The molecule has 3 aromatic carbocycles. The van der Waals surface area contributed by atoms with Crippen LogP contribution in [0.15, 0.2) is 71.6 Å². The Balaban J connectivity index is 1.51. The van der Waals surface area contributed by atoms with Gasteiger partial charge in [-0.25, -0.2) is 8.78 Å². The van der Waals surface area contributed by atoms with Crippen LogP contribution in [0.5, 0.6) is 11.5 Å². The molecule has 2 amide bonds. The molecule has 5 nitrogen and oxygen atoms in total. The highest BCUT2D eigenvalue weighted by molar-refractivity contribution is 8.18. The van der Waals surface area contributed by atoms with E-state index in [2.05, 4.69) is 0 Å². The molecule has 0 atom stereocenters. The van der Waals surface area contributed by atoms with Gasteiger partial charge in [0.1, 0.15) is 18.2 Å². The van der Waals surface area contributed by atoms with Gasteiger partial charge in [0.15, 0.2) is 11.5 Å². The summed E-state index contributed by atoms with van der Waals surface area (Å²) in [6.45, 7) is 2.31. The number of amides is 2. The van der Waals surface area contributed by atoms with Crippen LogP contribution in [0, 0.1) is 11.6 Å². The second kappa shape index (κ2) is 10.5. The minimum absolute atomic E-state index is 0.0361. The second-order valence-corrected chi connectivity index (χ2v) is 8.41. The largest absolute Gasteiger partial charge is 0.490 e. The van der Waals surface area contributed by atoms with Gasteiger partial charge in [-0.1, -0.05) is 36.4 Å². The number of halogens is 2. The normalized spacial score (nSPS) is 14.7. The summed E-state index contributed by atoms with van der Waals surface area (Å²) in [5.74, 6) is -0.278. The number of ether oxygens (including phenoxy) is 2. The van der Waals surface area contributed by atoms with Gasteiger partial charge in [-0.15, -0.1) is 0 Å². The molecule has 0 aliphatic carbocycles. The van der Waals surface area contributed by atoms with E-state index < -0.39 is 11.1 Å². The molecule has 0 N–H and O–H groups in total. The molecule has 34 heavy (non-hydrogen) atoms. The molecule has 3 aromatic rings. The van der Waals surface area contributed by atoms with Gasteiger partial charge in [0.25, 0.3) is 11.1 Å². The quantitative estimate of drug-likeness (QED) is 0.360. The van der Waals surface area contributed by atoms with E-state index in [0.717, 1.165) is 16.7 Å². The van der Waals surface area contributed by atoms with E-state index in [-0.39, 0.29) is 29.7 Å². The molecule has 1 saturated heterocycles. The maximum atomic E-state index is 13.9. The third-order valence-corrected chi connectivity index (χ3v) is 5.94. The van der Waals surface area contributed by atoms with Crippen LogP contribution >= 0.6 is 11.8 Å². The van der Waals surface area contributed by atoms with Crippen LogP contribution in [0.25, 0.3) is 6.08 Å². The summed E-state index contributed by atoms with van der Waals surface area (Å²) >= 11 is 0.842. The zero-order chi connectivity index (χ0) is 24.1. The number of hydrogen-bond acceptors (Lipinski definition) is 5. The molecule has 8 heteroatoms. The maximum absolute atomic E-state index is 13.9. The lowest BCUT2D eigenvalue weighted by Crippen LogP contribution is -2.27. The summed E-state index contributed by atoms with van der Waals surface area (Å²) in [6.07, 6.45) is 1.61. The summed E-state index contributed by atoms with van der Waals surface area (Å²) in [5, 5.41) is -0.393. The van der Waals surface area contributed by atoms with E-state index in [1.165, 1.54) is 30.3 Å². The van der Waals surface area contributed by atoms with Gasteiger partial charge in [-0.05, 0) is 66.2 Å². The van der Waals surface area contributed by atoms with Crippen molar-refractivity contribution in [2.75, 3.05) is 6.61 Å². The predicted molar refractivity (Wildman–Crippen MR) is 126 cm³/mol. The molecule has 0 bridgehead atoms. The first-order chi connectivity index (χ1) is 16.4. The molecule has 0 unspecified atom stereocenters. The van der Waals surface area contributed by atoms with Gasteiger partial charge in [0.05, 0.1) is 18.1 Å². The Kier molecular flexibility index (Phi) is 7.27. The minimum atomic E-state index is -0.419. The van der Waals surface area contributed by atoms with Crippen LogP contribution in [0.1, 0.15) is 23.6 Å². The monoisotopic (exact) mass is 481 g/mol. The molecule has 0 aromatic heterocycles. The Morgan fingerprint density at radius 2 is 1.71 bits per heavy atom. The van der Waals surface area contributed by atoms with Crippen LogP contribution in [0.2, 0.25) is 0 Å². The van der Waals surface area contributed by atoms with Crippen molar-refractivity contribution in [1.82, 2.24) is 4.90 Å². The Morgan fingerprint density at radius 1 is 0.941 bits per heavy atom. The predicted octanol–water partition coefficient (Wildman–Crippen LogP) is 6.18. The van der Waals surface area contributed by atoms with Gasteiger partial charge < -0.3 is 9.47 Å². The zero-order valence-corrected chi connectivity index (χ0v) is 19.1. The number of carbonyl (C=O) groups is 2. The number of hydrogen-bond donors (Lipinski definition) is 0. The van der Waals surface area contributed by atoms with E-state index in [4.69, 9.17) is 9.47 Å². The molecule has 1 fully saturated rings. The smallest absolute Gasteiger partial charge is 0.293 e. The van der Waals surface area contributed by atoms with E-state index in [0.29, 0.717) is 34.8 Å². The van der Waals surface area contributed by atoms with Crippen LogP contribution < -0.4 is 9.47 Å². The SMILES string of the molecule is CCOc1cc(/C=C2\SC(=O)N(Cc3ccc(F)cc3)C2=O)ccc1OCc1ccccc1F. The number of benzene rings is 3. The van der Waals surface area contributed by atoms with Crippen LogP contribution in [-0.2, 0) is 17.9 Å². The number of rotatable bonds is 8. The number of carbonyl (C=O) groups excluding carboxylic acids is 2. The molecule has 174 valence electrons. The first-order valence-electron chi connectivity index (χ1n) is 10.6. The maximum Gasteiger partial charge on any atom is 0.293 e. The average Bonchev–Trinajstić information content (AvgIpc) is 3.08. The standard InChI is InChI=1S/C26H21F2NO4S/c1-2-32-23-13-18(9-12-22(23)33-16-19-5-3-4-6-21(19)28)14-24-25(30)29(26(31)34-24)15-17-7-10-20(27)11-8-17/h3-14H,2,15-16H2,1H3/b24-14-. The average molecular weight is 482 g/mol. The summed E-state index contributed by atoms with van der Waals surface area (Å²) in [5.41, 5.74) is 1.72. The summed E-state index contributed by atoms with van der Waals surface area (Å²) in [7, 11) is 0. The van der Waals surface area contributed by atoms with Crippen molar-refractivity contribution in [3.8, 4) is 11.5 Å². The molecular weight excluding hydrogens is 460 g/mol. The molecule has 1 heterocycles. The van der Waals surface area contributed by atoms with Gasteiger partial charge >= 0.3 is 0 Å². The van der Waals surface area contributed by atoms with Gasteiger partial charge in [-0.3, -0.25) is 14.5 Å². The lowest BCUT2D eigenvalue weighted by Gasteiger charge is -2.13. The Hall–Kier alpha value is -3.65. The lowest BCUT2D eigenvalue weighted by atomic mass is 10.1. The number of thioether (sulfide) groups is 1. The van der Waals surface area contributed by atoms with Gasteiger partial charge in [-0.2, -0.15) is 0 Å². The van der Waals surface area contributed by atoms with Crippen molar-refractivity contribution in [3.05, 3.63) is 100.0 Å². The first kappa shape index (κ1) is 23.5. The molecule has 4 rings (SSSR count). The topological polar surface area (TPSA) is 55.8 Å². The highest BCUT2D eigenvalue weighted by Crippen LogP contribution is 2.35. The zero-order valence-electron chi connectivity index (χ0n) is 18.3. The van der Waals surface area contributed by atoms with E-state index >= 15 is 0 Å². The number of imide groups is 1. The van der Waals surface area contributed by atoms with Crippen molar-refractivity contribution in [2.45, 2.75) is 20.1 Å². The summed E-state index contributed by atoms with van der Waals surface area (Å²) in [6, 6.07) is 17.1. The third kappa shape index (κ3) is 5.46. The van der Waals surface area contributed by atoms with Crippen molar-refractivity contribution >= 4 is 29.0 Å². The van der Waals surface area contributed by atoms with Crippen LogP contribution in [-0.4, -0.2) is 22.7 Å². The van der Waals surface area contributed by atoms with Crippen molar-refractivity contribution in [3.63, 3.8) is 0 Å². The van der Waals surface area contributed by atoms with Crippen molar-refractivity contribution in [1.29, 1.82) is 0 Å². The Morgan fingerprint density at radius 3 is 2.44 bits per heavy atom. The summed E-state index contributed by atoms with van der Waals surface area (Å²) in [4.78, 5) is 26.6. The van der Waals surface area contributed by atoms with Crippen molar-refractivity contribution < 1.29 is 27.8 Å². The Labute approximate surface area is 200 Å². The van der Waals surface area contributed by atoms with E-state index in [1.54, 1.807) is 42.5 Å². The minimum Gasteiger partial charge on any atom is -0.490 e. The molecule has 1 aliphatic rings. The molecule has 1 aliphatic heterocycles. The molecule has 0 saturated carbocycles. The number of nitrogens with zero attached hydrogens (tertiary/aromatic N) is 1.